The van der Waals surface area contributed by atoms with E-state index in [1.165, 1.54) is 32.1 Å². The zero-order valence-corrected chi connectivity index (χ0v) is 7.79. The van der Waals surface area contributed by atoms with E-state index in [0.29, 0.717) is 12.5 Å². The second-order valence-electron chi connectivity index (χ2n) is 3.59. The average molecular weight is 184 g/mol. The summed E-state index contributed by atoms with van der Waals surface area (Å²) >= 11 is 0. The highest BCUT2D eigenvalue weighted by atomic mass is 16.6. The molecule has 0 aromatic rings. The van der Waals surface area contributed by atoms with E-state index in [4.69, 9.17) is 0 Å². The maximum Gasteiger partial charge on any atom is 0.308 e. The van der Waals surface area contributed by atoms with Crippen molar-refractivity contribution in [3.8, 4) is 0 Å². The van der Waals surface area contributed by atoms with E-state index in [2.05, 4.69) is 11.9 Å². The van der Waals surface area contributed by atoms with E-state index in [0.717, 1.165) is 0 Å². The van der Waals surface area contributed by atoms with Crippen LogP contribution in [0.3, 0.4) is 0 Å². The van der Waals surface area contributed by atoms with E-state index in [9.17, 15) is 10.1 Å². The minimum atomic E-state index is -0.469. The Bertz CT molecular complexity index is 198. The monoisotopic (exact) mass is 184 g/mol. The van der Waals surface area contributed by atoms with E-state index < -0.39 is 4.92 Å². The maximum absolute atomic E-state index is 10.2. The van der Waals surface area contributed by atoms with E-state index in [1.807, 2.05) is 0 Å². The van der Waals surface area contributed by atoms with Gasteiger partial charge in [0.1, 0.15) is 0 Å². The molecule has 0 amide bonds. The molecule has 4 heteroatoms. The number of hydrogen-bond donors (Lipinski definition) is 1. The van der Waals surface area contributed by atoms with Crippen LogP contribution in [0, 0.1) is 16.0 Å². The summed E-state index contributed by atoms with van der Waals surface area (Å²) in [6, 6.07) is 0. The van der Waals surface area contributed by atoms with E-state index in [1.54, 1.807) is 0 Å². The first-order chi connectivity index (χ1) is 6.20. The fourth-order valence-corrected chi connectivity index (χ4v) is 1.72. The quantitative estimate of drug-likeness (QED) is 0.536. The summed E-state index contributed by atoms with van der Waals surface area (Å²) < 4.78 is 0. The van der Waals surface area contributed by atoms with Crippen molar-refractivity contribution in [1.82, 2.24) is 5.32 Å². The molecule has 0 aliphatic heterocycles. The largest absolute Gasteiger partial charge is 0.358 e. The van der Waals surface area contributed by atoms with Gasteiger partial charge in [0.2, 0.25) is 0 Å². The molecule has 1 aliphatic carbocycles. The molecule has 0 bridgehead atoms. The van der Waals surface area contributed by atoms with Crippen LogP contribution in [0.1, 0.15) is 32.1 Å². The van der Waals surface area contributed by atoms with Gasteiger partial charge in [-0.3, -0.25) is 5.32 Å². The first-order valence-corrected chi connectivity index (χ1v) is 4.77. The average Bonchev–Trinajstić information content (AvgIpc) is 2.15. The highest BCUT2D eigenvalue weighted by Gasteiger charge is 2.16. The van der Waals surface area contributed by atoms with Gasteiger partial charge in [-0.25, -0.2) is 0 Å². The van der Waals surface area contributed by atoms with Gasteiger partial charge in [0.15, 0.2) is 0 Å². The van der Waals surface area contributed by atoms with Crippen molar-refractivity contribution in [2.24, 2.45) is 5.92 Å². The lowest BCUT2D eigenvalue weighted by Crippen LogP contribution is -2.26. The van der Waals surface area contributed by atoms with Gasteiger partial charge in [0.05, 0.1) is 6.54 Å². The molecule has 0 spiro atoms. The van der Waals surface area contributed by atoms with Crippen molar-refractivity contribution in [1.29, 1.82) is 0 Å². The maximum atomic E-state index is 10.2. The second-order valence-corrected chi connectivity index (χ2v) is 3.59. The lowest BCUT2D eigenvalue weighted by atomic mass is 9.89. The molecule has 0 unspecified atom stereocenters. The molecule has 0 radical (unpaired) electrons. The molecule has 0 atom stereocenters. The Labute approximate surface area is 78.2 Å². The Morgan fingerprint density at radius 3 is 2.62 bits per heavy atom. The molecule has 0 aromatic carbocycles. The van der Waals surface area contributed by atoms with Crippen molar-refractivity contribution in [2.75, 3.05) is 6.54 Å². The number of rotatable bonds is 4. The lowest BCUT2D eigenvalue weighted by Gasteiger charge is -2.19. The van der Waals surface area contributed by atoms with Gasteiger partial charge in [-0.15, -0.1) is 0 Å². The van der Waals surface area contributed by atoms with E-state index in [-0.39, 0.29) is 5.82 Å². The van der Waals surface area contributed by atoms with Crippen molar-refractivity contribution < 1.29 is 4.92 Å². The molecule has 13 heavy (non-hydrogen) atoms. The van der Waals surface area contributed by atoms with Gasteiger partial charge in [-0.2, -0.15) is 0 Å². The molecule has 1 aliphatic rings. The van der Waals surface area contributed by atoms with Crippen molar-refractivity contribution in [3.63, 3.8) is 0 Å². The topological polar surface area (TPSA) is 55.2 Å². The zero-order valence-electron chi connectivity index (χ0n) is 7.79. The molecular weight excluding hydrogens is 168 g/mol. The summed E-state index contributed by atoms with van der Waals surface area (Å²) in [5.74, 6) is 0.524. The molecule has 0 saturated heterocycles. The summed E-state index contributed by atoms with van der Waals surface area (Å²) in [5, 5.41) is 13.0. The third-order valence-corrected chi connectivity index (χ3v) is 2.54. The van der Waals surface area contributed by atoms with Gasteiger partial charge in [-0.1, -0.05) is 19.3 Å². The van der Waals surface area contributed by atoms with E-state index >= 15 is 0 Å². The molecule has 1 N–H and O–H groups in total. The lowest BCUT2D eigenvalue weighted by molar-refractivity contribution is -0.431. The Hall–Kier alpha value is -1.06. The Morgan fingerprint density at radius 2 is 2.08 bits per heavy atom. The SMILES string of the molecule is C=C(NCC1CCCCC1)[N+](=O)[O-]. The predicted octanol–water partition coefficient (Wildman–Crippen LogP) is 1.90. The Balaban J connectivity index is 2.17. The Kier molecular flexibility index (Phi) is 3.73. The smallest absolute Gasteiger partial charge is 0.308 e. The molecule has 0 heterocycles. The van der Waals surface area contributed by atoms with Crippen LogP contribution in [0.5, 0.6) is 0 Å². The van der Waals surface area contributed by atoms with Crippen molar-refractivity contribution in [3.05, 3.63) is 22.5 Å². The third-order valence-electron chi connectivity index (χ3n) is 2.54. The third kappa shape index (κ3) is 3.44. The van der Waals surface area contributed by atoms with Crippen LogP contribution in [0.2, 0.25) is 0 Å². The molecule has 74 valence electrons. The number of nitrogens with one attached hydrogen (secondary N) is 1. The summed E-state index contributed by atoms with van der Waals surface area (Å²) in [4.78, 5) is 9.75. The van der Waals surface area contributed by atoms with Gasteiger partial charge < -0.3 is 10.1 Å². The van der Waals surface area contributed by atoms with Crippen LogP contribution in [-0.4, -0.2) is 11.5 Å². The summed E-state index contributed by atoms with van der Waals surface area (Å²) in [6.45, 7) is 4.04. The van der Waals surface area contributed by atoms with Gasteiger partial charge in [-0.05, 0) is 30.3 Å². The van der Waals surface area contributed by atoms with Crippen LogP contribution in [-0.2, 0) is 0 Å². The number of nitro groups is 1. The highest BCUT2D eigenvalue weighted by Crippen LogP contribution is 2.22. The fourth-order valence-electron chi connectivity index (χ4n) is 1.72. The summed E-state index contributed by atoms with van der Waals surface area (Å²) in [7, 11) is 0. The molecule has 4 nitrogen and oxygen atoms in total. The number of nitrogens with zero attached hydrogens (tertiary/aromatic N) is 1. The highest BCUT2D eigenvalue weighted by molar-refractivity contribution is 4.79. The van der Waals surface area contributed by atoms with Crippen LogP contribution in [0.15, 0.2) is 12.4 Å². The fraction of sp³-hybridized carbons (Fsp3) is 0.778. The molecule has 0 aromatic heterocycles. The minimum Gasteiger partial charge on any atom is -0.358 e. The summed E-state index contributed by atoms with van der Waals surface area (Å²) in [6.07, 6.45) is 6.22. The van der Waals surface area contributed by atoms with Crippen LogP contribution in [0.4, 0.5) is 0 Å². The standard InChI is InChI=1S/C9H16N2O2/c1-8(11(12)13)10-7-9-5-3-2-4-6-9/h9-10H,1-7H2. The Morgan fingerprint density at radius 1 is 1.46 bits per heavy atom. The minimum absolute atomic E-state index is 0.0782. The second kappa shape index (κ2) is 4.84. The van der Waals surface area contributed by atoms with Crippen molar-refractivity contribution in [2.45, 2.75) is 32.1 Å². The van der Waals surface area contributed by atoms with Gasteiger partial charge in [0.25, 0.3) is 0 Å². The van der Waals surface area contributed by atoms with Gasteiger partial charge in [0, 0.05) is 0 Å². The number of hydrogen-bond acceptors (Lipinski definition) is 3. The van der Waals surface area contributed by atoms with Crippen LogP contribution >= 0.6 is 0 Å². The molecular formula is C9H16N2O2. The molecule has 1 saturated carbocycles. The predicted molar refractivity (Wildman–Crippen MR) is 50.7 cm³/mol. The molecule has 1 fully saturated rings. The normalized spacial score (nSPS) is 18.2. The van der Waals surface area contributed by atoms with Crippen LogP contribution in [0.25, 0.3) is 0 Å². The molecule has 1 rings (SSSR count). The first-order valence-electron chi connectivity index (χ1n) is 4.77. The first kappa shape index (κ1) is 10.0. The zero-order chi connectivity index (χ0) is 9.68. The summed E-state index contributed by atoms with van der Waals surface area (Å²) in [5.41, 5.74) is 0. The van der Waals surface area contributed by atoms with Crippen LogP contribution < -0.4 is 5.32 Å². The van der Waals surface area contributed by atoms with Crippen molar-refractivity contribution >= 4 is 0 Å². The van der Waals surface area contributed by atoms with Gasteiger partial charge >= 0.3 is 5.82 Å².